The molecule has 0 radical (unpaired) electrons. The number of rotatable bonds is 5. The maximum Gasteiger partial charge on any atom is 0.321 e. The molecule has 0 spiro atoms. The highest BCUT2D eigenvalue weighted by molar-refractivity contribution is 7.09. The molecule has 112 valence electrons. The number of carbonyl (C=O) groups excluding carboxylic acids is 2. The van der Waals surface area contributed by atoms with Gasteiger partial charge in [-0.3, -0.25) is 10.1 Å². The minimum Gasteiger partial charge on any atom is -0.484 e. The van der Waals surface area contributed by atoms with E-state index in [0.717, 1.165) is 4.88 Å². The van der Waals surface area contributed by atoms with Gasteiger partial charge < -0.3 is 10.1 Å². The second-order valence-corrected chi connectivity index (χ2v) is 5.27. The highest BCUT2D eigenvalue weighted by atomic mass is 32.1. The number of benzene rings is 1. The van der Waals surface area contributed by atoms with Crippen molar-refractivity contribution < 1.29 is 14.3 Å². The van der Waals surface area contributed by atoms with Gasteiger partial charge in [0.2, 0.25) is 0 Å². The Bertz CT molecular complexity index is 692. The molecular formula is C15H13N3O3S. The van der Waals surface area contributed by atoms with E-state index in [4.69, 9.17) is 10.00 Å². The summed E-state index contributed by atoms with van der Waals surface area (Å²) < 4.78 is 5.22. The molecule has 0 atom stereocenters. The molecule has 0 fully saturated rings. The van der Waals surface area contributed by atoms with Crippen LogP contribution in [0.15, 0.2) is 41.8 Å². The number of amides is 3. The number of nitrogens with zero attached hydrogens (tertiary/aromatic N) is 1. The van der Waals surface area contributed by atoms with Gasteiger partial charge >= 0.3 is 6.03 Å². The lowest BCUT2D eigenvalue weighted by molar-refractivity contribution is -0.122. The largest absolute Gasteiger partial charge is 0.484 e. The Labute approximate surface area is 131 Å². The Balaban J connectivity index is 1.73. The normalized spacial score (nSPS) is 9.59. The monoisotopic (exact) mass is 315 g/mol. The van der Waals surface area contributed by atoms with Crippen LogP contribution in [-0.2, 0) is 11.3 Å². The molecule has 0 saturated heterocycles. The Morgan fingerprint density at radius 1 is 1.27 bits per heavy atom. The number of imide groups is 1. The topological polar surface area (TPSA) is 91.2 Å². The van der Waals surface area contributed by atoms with E-state index in [2.05, 4.69) is 10.6 Å². The van der Waals surface area contributed by atoms with Crippen molar-refractivity contribution in [2.24, 2.45) is 0 Å². The number of hydrogen-bond donors (Lipinski definition) is 2. The summed E-state index contributed by atoms with van der Waals surface area (Å²) in [5, 5.41) is 15.4. The number of thiophene rings is 1. The van der Waals surface area contributed by atoms with Crippen LogP contribution in [0, 0.1) is 11.3 Å². The molecule has 0 aliphatic heterocycles. The number of nitrogens with one attached hydrogen (secondary N) is 2. The molecule has 1 heterocycles. The maximum atomic E-state index is 11.6. The number of nitriles is 1. The summed E-state index contributed by atoms with van der Waals surface area (Å²) in [6.07, 6.45) is 0. The van der Waals surface area contributed by atoms with Gasteiger partial charge in [0.25, 0.3) is 5.91 Å². The summed E-state index contributed by atoms with van der Waals surface area (Å²) in [7, 11) is 0. The molecule has 1 aromatic carbocycles. The highest BCUT2D eigenvalue weighted by Gasteiger charge is 2.08. The standard InChI is InChI=1S/C15H13N3O3S/c16-8-11-3-1-4-12(7-11)21-10-14(19)18-15(20)17-9-13-5-2-6-22-13/h1-7H,9-10H2,(H2,17,18,19,20). The van der Waals surface area contributed by atoms with Crippen molar-refractivity contribution in [1.29, 1.82) is 5.26 Å². The molecule has 7 heteroatoms. The van der Waals surface area contributed by atoms with Crippen LogP contribution < -0.4 is 15.4 Å². The van der Waals surface area contributed by atoms with E-state index in [0.29, 0.717) is 17.9 Å². The third-order valence-corrected chi connectivity index (χ3v) is 3.47. The third-order valence-electron chi connectivity index (χ3n) is 2.59. The summed E-state index contributed by atoms with van der Waals surface area (Å²) in [4.78, 5) is 24.1. The lowest BCUT2D eigenvalue weighted by atomic mass is 10.2. The molecular weight excluding hydrogens is 302 g/mol. The first-order valence-electron chi connectivity index (χ1n) is 6.40. The van der Waals surface area contributed by atoms with Gasteiger partial charge in [-0.25, -0.2) is 4.79 Å². The minimum atomic E-state index is -0.576. The zero-order valence-corrected chi connectivity index (χ0v) is 12.4. The predicted molar refractivity (Wildman–Crippen MR) is 81.3 cm³/mol. The first kappa shape index (κ1) is 15.5. The van der Waals surface area contributed by atoms with E-state index in [9.17, 15) is 9.59 Å². The average molecular weight is 315 g/mol. The quantitative estimate of drug-likeness (QED) is 0.883. The lowest BCUT2D eigenvalue weighted by Crippen LogP contribution is -2.41. The fraction of sp³-hybridized carbons (Fsp3) is 0.133. The van der Waals surface area contributed by atoms with Crippen LogP contribution in [0.25, 0.3) is 0 Å². The van der Waals surface area contributed by atoms with Crippen LogP contribution in [-0.4, -0.2) is 18.5 Å². The molecule has 0 aliphatic rings. The van der Waals surface area contributed by atoms with Crippen LogP contribution in [0.1, 0.15) is 10.4 Å². The summed E-state index contributed by atoms with van der Waals surface area (Å²) in [6.45, 7) is 0.0587. The number of urea groups is 1. The fourth-order valence-corrected chi connectivity index (χ4v) is 2.24. The van der Waals surface area contributed by atoms with Gasteiger partial charge in [-0.2, -0.15) is 5.26 Å². The molecule has 2 rings (SSSR count). The van der Waals surface area contributed by atoms with E-state index in [1.807, 2.05) is 23.6 Å². The van der Waals surface area contributed by atoms with Crippen molar-refractivity contribution >= 4 is 23.3 Å². The van der Waals surface area contributed by atoms with Gasteiger partial charge in [-0.05, 0) is 29.6 Å². The Morgan fingerprint density at radius 2 is 2.14 bits per heavy atom. The number of ether oxygens (including phenoxy) is 1. The van der Waals surface area contributed by atoms with Crippen LogP contribution >= 0.6 is 11.3 Å². The number of hydrogen-bond acceptors (Lipinski definition) is 5. The summed E-state index contributed by atoms with van der Waals surface area (Å²) in [6, 6.07) is 11.6. The second kappa shape index (κ2) is 7.81. The smallest absolute Gasteiger partial charge is 0.321 e. The van der Waals surface area contributed by atoms with Crippen molar-refractivity contribution in [3.8, 4) is 11.8 Å². The van der Waals surface area contributed by atoms with E-state index in [1.165, 1.54) is 17.4 Å². The van der Waals surface area contributed by atoms with Crippen molar-refractivity contribution in [2.45, 2.75) is 6.54 Å². The molecule has 6 nitrogen and oxygen atoms in total. The fourth-order valence-electron chi connectivity index (χ4n) is 1.59. The predicted octanol–water partition coefficient (Wildman–Crippen LogP) is 2.02. The Morgan fingerprint density at radius 3 is 2.86 bits per heavy atom. The maximum absolute atomic E-state index is 11.6. The van der Waals surface area contributed by atoms with Gasteiger partial charge in [0.15, 0.2) is 6.61 Å². The van der Waals surface area contributed by atoms with E-state index in [1.54, 1.807) is 18.2 Å². The van der Waals surface area contributed by atoms with Crippen molar-refractivity contribution in [1.82, 2.24) is 10.6 Å². The van der Waals surface area contributed by atoms with Gasteiger partial charge in [0.05, 0.1) is 18.2 Å². The number of carbonyl (C=O) groups is 2. The lowest BCUT2D eigenvalue weighted by Gasteiger charge is -2.07. The van der Waals surface area contributed by atoms with Crippen molar-refractivity contribution in [2.75, 3.05) is 6.61 Å². The van der Waals surface area contributed by atoms with Crippen LogP contribution in [0.2, 0.25) is 0 Å². The van der Waals surface area contributed by atoms with E-state index < -0.39 is 11.9 Å². The van der Waals surface area contributed by atoms with Crippen LogP contribution in [0.5, 0.6) is 5.75 Å². The van der Waals surface area contributed by atoms with Crippen LogP contribution in [0.4, 0.5) is 4.79 Å². The summed E-state index contributed by atoms with van der Waals surface area (Å²) in [5.41, 5.74) is 0.437. The average Bonchev–Trinajstić information content (AvgIpc) is 3.04. The van der Waals surface area contributed by atoms with Gasteiger partial charge in [-0.1, -0.05) is 12.1 Å². The first-order valence-corrected chi connectivity index (χ1v) is 7.28. The molecule has 3 amide bonds. The molecule has 2 aromatic rings. The Hall–Kier alpha value is -2.85. The molecule has 0 unspecified atom stereocenters. The minimum absolute atomic E-state index is 0.304. The van der Waals surface area contributed by atoms with E-state index in [-0.39, 0.29) is 6.61 Å². The first-order chi connectivity index (χ1) is 10.7. The highest BCUT2D eigenvalue weighted by Crippen LogP contribution is 2.12. The summed E-state index contributed by atoms with van der Waals surface area (Å²) in [5.74, 6) is -0.167. The van der Waals surface area contributed by atoms with Gasteiger partial charge in [0.1, 0.15) is 5.75 Å². The van der Waals surface area contributed by atoms with Gasteiger partial charge in [0, 0.05) is 4.88 Å². The zero-order chi connectivity index (χ0) is 15.8. The second-order valence-electron chi connectivity index (χ2n) is 4.24. The molecule has 1 aromatic heterocycles. The molecule has 0 aliphatic carbocycles. The Kier molecular flexibility index (Phi) is 5.51. The van der Waals surface area contributed by atoms with Crippen LogP contribution in [0.3, 0.4) is 0 Å². The summed E-state index contributed by atoms with van der Waals surface area (Å²) >= 11 is 1.52. The molecule has 22 heavy (non-hydrogen) atoms. The van der Waals surface area contributed by atoms with Gasteiger partial charge in [-0.15, -0.1) is 11.3 Å². The van der Waals surface area contributed by atoms with Crippen molar-refractivity contribution in [3.63, 3.8) is 0 Å². The molecule has 0 saturated carbocycles. The van der Waals surface area contributed by atoms with E-state index >= 15 is 0 Å². The zero-order valence-electron chi connectivity index (χ0n) is 11.5. The third kappa shape index (κ3) is 4.92. The molecule has 2 N–H and O–H groups in total. The SMILES string of the molecule is N#Cc1cccc(OCC(=O)NC(=O)NCc2cccs2)c1. The van der Waals surface area contributed by atoms with Crippen molar-refractivity contribution in [3.05, 3.63) is 52.2 Å². The molecule has 0 bridgehead atoms.